The van der Waals surface area contributed by atoms with E-state index in [-0.39, 0.29) is 78.9 Å². The first kappa shape index (κ1) is 22.8. The van der Waals surface area contributed by atoms with E-state index in [1.54, 1.807) is 24.3 Å². The molecule has 5 rings (SSSR count). The average Bonchev–Trinajstić information content (AvgIpc) is 2.88. The van der Waals surface area contributed by atoms with Gasteiger partial charge in [0.05, 0.1) is 5.56 Å². The Morgan fingerprint density at radius 2 is 1.32 bits per heavy atom. The van der Waals surface area contributed by atoms with Crippen molar-refractivity contribution in [3.8, 4) is 23.0 Å². The molecule has 2 aliphatic rings. The van der Waals surface area contributed by atoms with Crippen molar-refractivity contribution in [2.24, 2.45) is 0 Å². The van der Waals surface area contributed by atoms with Gasteiger partial charge in [-0.15, -0.1) is 0 Å². The molecular weight excluding hydrogens is 382 g/mol. The summed E-state index contributed by atoms with van der Waals surface area (Å²) in [4.78, 5) is 12.5. The predicted molar refractivity (Wildman–Crippen MR) is 93.9 cm³/mol. The first-order chi connectivity index (χ1) is 12.1. The fourth-order valence-electron chi connectivity index (χ4n) is 3.65. The molecule has 8 heteroatoms. The van der Waals surface area contributed by atoms with E-state index >= 15 is 0 Å². The predicted octanol–water partition coefficient (Wildman–Crippen LogP) is -2.93. The number of fused-ring (bicyclic) bond motifs is 6. The second-order valence-corrected chi connectivity index (χ2v) is 6.08. The summed E-state index contributed by atoms with van der Waals surface area (Å²) in [6.07, 6.45) is 0. The molecule has 1 spiro atoms. The van der Waals surface area contributed by atoms with Crippen LogP contribution in [0.4, 0.5) is 0 Å². The number of phenols is 2. The molecule has 6 nitrogen and oxygen atoms in total. The Kier molecular flexibility index (Phi) is 6.57. The van der Waals surface area contributed by atoms with Crippen molar-refractivity contribution in [3.05, 3.63) is 82.9 Å². The van der Waals surface area contributed by atoms with Gasteiger partial charge in [0, 0.05) is 28.8 Å². The van der Waals surface area contributed by atoms with Gasteiger partial charge in [0.15, 0.2) is 5.60 Å². The van der Waals surface area contributed by atoms with E-state index in [2.05, 4.69) is 0 Å². The van der Waals surface area contributed by atoms with Crippen LogP contribution in [0.25, 0.3) is 0 Å². The van der Waals surface area contributed by atoms with Gasteiger partial charge >= 0.3 is 65.1 Å². The van der Waals surface area contributed by atoms with Crippen LogP contribution in [0.1, 0.15) is 29.9 Å². The zero-order chi connectivity index (χ0) is 17.2. The molecule has 0 saturated carbocycles. The van der Waals surface area contributed by atoms with Crippen molar-refractivity contribution in [1.29, 1.82) is 0 Å². The van der Waals surface area contributed by atoms with Crippen LogP contribution in [0.5, 0.6) is 23.0 Å². The molecule has 2 aliphatic heterocycles. The van der Waals surface area contributed by atoms with Crippen LogP contribution in [-0.2, 0) is 10.3 Å². The van der Waals surface area contributed by atoms with E-state index in [1.807, 2.05) is 12.1 Å². The largest absolute Gasteiger partial charge is 1.00 e. The molecule has 3 aromatic carbocycles. The Morgan fingerprint density at radius 1 is 0.786 bits per heavy atom. The number of carbonyl (C=O) groups excluding carboxylic acids is 1. The first-order valence-corrected chi connectivity index (χ1v) is 7.77. The second kappa shape index (κ2) is 8.08. The number of esters is 1. The molecule has 0 atom stereocenters. The van der Waals surface area contributed by atoms with E-state index in [0.29, 0.717) is 33.8 Å². The topological polar surface area (TPSA) is 107 Å². The summed E-state index contributed by atoms with van der Waals surface area (Å²) >= 11 is 0. The fourth-order valence-corrected chi connectivity index (χ4v) is 3.65. The van der Waals surface area contributed by atoms with Gasteiger partial charge < -0.3 is 28.0 Å². The Hall–Kier alpha value is -1.51. The van der Waals surface area contributed by atoms with Crippen molar-refractivity contribution in [2.45, 2.75) is 5.60 Å². The maximum absolute atomic E-state index is 12.5. The number of ether oxygens (including phenoxy) is 2. The standard InChI is InChI=1S/C20H12O5.2Na.H2O.2H/c21-11-5-7-15-17(9-11)24-18-10-12(22)6-8-16(18)20(15)14-4-2-1-3-13(14)19(23)25-20;;;;;/h1-10,21-22H;;;1H2;;/q;2*+1;;2*-1. The van der Waals surface area contributed by atoms with Gasteiger partial charge in [0.25, 0.3) is 0 Å². The van der Waals surface area contributed by atoms with Crippen LogP contribution in [0.3, 0.4) is 0 Å². The molecule has 0 aromatic heterocycles. The summed E-state index contributed by atoms with van der Waals surface area (Å²) in [7, 11) is 0. The number of phenolic OH excluding ortho intramolecular Hbond substituents is 2. The number of rotatable bonds is 0. The van der Waals surface area contributed by atoms with E-state index in [1.165, 1.54) is 24.3 Å². The summed E-state index contributed by atoms with van der Waals surface area (Å²) in [5.74, 6) is 0.408. The van der Waals surface area contributed by atoms with Crippen LogP contribution < -0.4 is 63.9 Å². The zero-order valence-electron chi connectivity index (χ0n) is 17.4. The van der Waals surface area contributed by atoms with Crippen LogP contribution in [-0.4, -0.2) is 21.7 Å². The minimum atomic E-state index is -1.17. The van der Waals surface area contributed by atoms with Gasteiger partial charge in [-0.05, 0) is 30.3 Å². The molecule has 0 saturated heterocycles. The van der Waals surface area contributed by atoms with Crippen molar-refractivity contribution in [3.63, 3.8) is 0 Å². The smallest absolute Gasteiger partial charge is 1.00 e. The second-order valence-electron chi connectivity index (χ2n) is 6.08. The van der Waals surface area contributed by atoms with E-state index in [0.717, 1.165) is 0 Å². The molecule has 0 aliphatic carbocycles. The van der Waals surface area contributed by atoms with Crippen molar-refractivity contribution >= 4 is 5.97 Å². The van der Waals surface area contributed by atoms with Gasteiger partial charge in [0.1, 0.15) is 23.0 Å². The molecule has 2 heterocycles. The summed E-state index contributed by atoms with van der Waals surface area (Å²) in [5, 5.41) is 19.7. The number of hydrogen-bond donors (Lipinski definition) is 2. The minimum absolute atomic E-state index is 0. The Bertz CT molecular complexity index is 1030. The third-order valence-corrected chi connectivity index (χ3v) is 4.68. The minimum Gasteiger partial charge on any atom is -1.00 e. The molecule has 0 radical (unpaired) electrons. The van der Waals surface area contributed by atoms with E-state index in [4.69, 9.17) is 9.47 Å². The molecule has 0 amide bonds. The molecule has 0 unspecified atom stereocenters. The van der Waals surface area contributed by atoms with Crippen LogP contribution in [0.2, 0.25) is 0 Å². The van der Waals surface area contributed by atoms with Gasteiger partial charge in [-0.3, -0.25) is 0 Å². The number of carbonyl (C=O) groups is 1. The molecule has 0 fully saturated rings. The van der Waals surface area contributed by atoms with Crippen LogP contribution >= 0.6 is 0 Å². The van der Waals surface area contributed by atoms with Crippen LogP contribution in [0, 0.1) is 0 Å². The molecule has 0 bridgehead atoms. The maximum Gasteiger partial charge on any atom is 1.00 e. The molecule has 28 heavy (non-hydrogen) atoms. The van der Waals surface area contributed by atoms with Gasteiger partial charge in [-0.25, -0.2) is 4.79 Å². The van der Waals surface area contributed by atoms with Crippen molar-refractivity contribution < 1.29 is 91.9 Å². The summed E-state index contributed by atoms with van der Waals surface area (Å²) < 4.78 is 11.8. The summed E-state index contributed by atoms with van der Waals surface area (Å²) in [5.41, 5.74) is 1.28. The van der Waals surface area contributed by atoms with Gasteiger partial charge in [0.2, 0.25) is 0 Å². The molecular formula is C20H16Na2O6. The molecule has 4 N–H and O–H groups in total. The third kappa shape index (κ3) is 3.06. The van der Waals surface area contributed by atoms with Gasteiger partial charge in [-0.2, -0.15) is 0 Å². The molecule has 134 valence electrons. The fraction of sp³-hybridized carbons (Fsp3) is 0.0500. The zero-order valence-corrected chi connectivity index (χ0v) is 19.4. The number of aromatic hydroxyl groups is 2. The Labute approximate surface area is 208 Å². The van der Waals surface area contributed by atoms with Crippen molar-refractivity contribution in [2.75, 3.05) is 0 Å². The summed E-state index contributed by atoms with van der Waals surface area (Å²) in [6.45, 7) is 0. The Balaban J connectivity index is 0.00000168. The third-order valence-electron chi connectivity index (χ3n) is 4.68. The average molecular weight is 398 g/mol. The SMILES string of the molecule is O.O=C1OC2(c3ccc(O)cc3Oc3cc(O)ccc32)c2ccccc21.[H-].[H-].[Na+].[Na+]. The normalized spacial score (nSPS) is 14.1. The van der Waals surface area contributed by atoms with E-state index < -0.39 is 11.6 Å². The number of benzene rings is 3. The van der Waals surface area contributed by atoms with Gasteiger partial charge in [-0.1, -0.05) is 18.2 Å². The summed E-state index contributed by atoms with van der Waals surface area (Å²) in [6, 6.07) is 16.6. The first-order valence-electron chi connectivity index (χ1n) is 7.77. The quantitative estimate of drug-likeness (QED) is 0.312. The maximum atomic E-state index is 12.5. The van der Waals surface area contributed by atoms with Crippen LogP contribution in [0.15, 0.2) is 60.7 Å². The van der Waals surface area contributed by atoms with E-state index in [9.17, 15) is 15.0 Å². The Morgan fingerprint density at radius 3 is 1.89 bits per heavy atom. The number of hydrogen-bond acceptors (Lipinski definition) is 5. The molecule has 3 aromatic rings. The monoisotopic (exact) mass is 398 g/mol. The van der Waals surface area contributed by atoms with Crippen molar-refractivity contribution in [1.82, 2.24) is 0 Å².